The second-order valence-corrected chi connectivity index (χ2v) is 5.56. The Kier molecular flexibility index (Phi) is 3.08. The van der Waals surface area contributed by atoms with Crippen LogP contribution in [0.2, 0.25) is 0 Å². The van der Waals surface area contributed by atoms with Crippen molar-refractivity contribution in [2.75, 3.05) is 10.6 Å². The minimum Gasteiger partial charge on any atom is -0.310 e. The van der Waals surface area contributed by atoms with Gasteiger partial charge in [0.2, 0.25) is 5.82 Å². The van der Waals surface area contributed by atoms with Gasteiger partial charge in [-0.3, -0.25) is 5.73 Å². The van der Waals surface area contributed by atoms with Gasteiger partial charge in [0.25, 0.3) is 0 Å². The molecule has 0 amide bonds. The number of rotatable bonds is 1. The van der Waals surface area contributed by atoms with Crippen molar-refractivity contribution in [1.29, 1.82) is 0 Å². The van der Waals surface area contributed by atoms with Crippen LogP contribution in [0.1, 0.15) is 24.6 Å². The Balaban J connectivity index is 2.14. The zero-order chi connectivity index (χ0) is 14.3. The Hall–Kier alpha value is -2.10. The molecular formula is C16H21N4+. The highest BCUT2D eigenvalue weighted by Crippen LogP contribution is 2.35. The zero-order valence-electron chi connectivity index (χ0n) is 12.3. The second-order valence-electron chi connectivity index (χ2n) is 5.56. The van der Waals surface area contributed by atoms with E-state index in [1.807, 2.05) is 11.6 Å². The van der Waals surface area contributed by atoms with E-state index in [0.717, 1.165) is 24.4 Å². The predicted molar refractivity (Wildman–Crippen MR) is 80.9 cm³/mol. The van der Waals surface area contributed by atoms with E-state index in [1.54, 1.807) is 0 Å². The SMILES string of the molecule is Cc1cc(N2c3ccccc3CCC2C)nc(N)[n+]1C. The molecule has 2 aromatic rings. The molecule has 0 spiro atoms. The van der Waals surface area contributed by atoms with Crippen LogP contribution in [0.3, 0.4) is 0 Å². The van der Waals surface area contributed by atoms with Crippen LogP contribution >= 0.6 is 0 Å². The second kappa shape index (κ2) is 4.78. The van der Waals surface area contributed by atoms with Gasteiger partial charge in [-0.1, -0.05) is 23.2 Å². The van der Waals surface area contributed by atoms with Gasteiger partial charge in [-0.15, -0.1) is 0 Å². The average Bonchev–Trinajstić information content (AvgIpc) is 2.44. The van der Waals surface area contributed by atoms with Crippen molar-refractivity contribution in [2.24, 2.45) is 7.05 Å². The van der Waals surface area contributed by atoms with Gasteiger partial charge in [-0.25, -0.2) is 4.57 Å². The number of aromatic nitrogens is 2. The van der Waals surface area contributed by atoms with E-state index < -0.39 is 0 Å². The number of benzene rings is 1. The normalized spacial score (nSPS) is 17.9. The molecule has 2 heterocycles. The number of nitrogen functional groups attached to an aromatic ring is 1. The molecule has 104 valence electrons. The lowest BCUT2D eigenvalue weighted by Crippen LogP contribution is -2.39. The van der Waals surface area contributed by atoms with Gasteiger partial charge in [-0.2, -0.15) is 0 Å². The van der Waals surface area contributed by atoms with E-state index in [0.29, 0.717) is 12.0 Å². The summed E-state index contributed by atoms with van der Waals surface area (Å²) < 4.78 is 1.91. The third-order valence-electron chi connectivity index (χ3n) is 4.21. The Bertz CT molecular complexity index is 628. The van der Waals surface area contributed by atoms with Crippen molar-refractivity contribution < 1.29 is 4.57 Å². The Morgan fingerprint density at radius 3 is 2.85 bits per heavy atom. The molecule has 1 atom stereocenters. The lowest BCUT2D eigenvalue weighted by atomic mass is 9.96. The van der Waals surface area contributed by atoms with Gasteiger partial charge >= 0.3 is 5.95 Å². The molecule has 4 nitrogen and oxygen atoms in total. The lowest BCUT2D eigenvalue weighted by Gasteiger charge is -2.35. The molecule has 3 rings (SSSR count). The van der Waals surface area contributed by atoms with E-state index in [-0.39, 0.29) is 0 Å². The van der Waals surface area contributed by atoms with Gasteiger partial charge in [0, 0.05) is 17.8 Å². The van der Waals surface area contributed by atoms with Crippen molar-refractivity contribution in [3.63, 3.8) is 0 Å². The summed E-state index contributed by atoms with van der Waals surface area (Å²) in [4.78, 5) is 6.88. The van der Waals surface area contributed by atoms with E-state index >= 15 is 0 Å². The summed E-state index contributed by atoms with van der Waals surface area (Å²) in [5.41, 5.74) is 9.77. The van der Waals surface area contributed by atoms with Crippen LogP contribution in [0.5, 0.6) is 0 Å². The summed E-state index contributed by atoms with van der Waals surface area (Å²) in [6.07, 6.45) is 2.27. The Labute approximate surface area is 119 Å². The smallest absolute Gasteiger partial charge is 0.310 e. The maximum Gasteiger partial charge on any atom is 0.391 e. The lowest BCUT2D eigenvalue weighted by molar-refractivity contribution is -0.665. The summed E-state index contributed by atoms with van der Waals surface area (Å²) in [6.45, 7) is 4.30. The highest BCUT2D eigenvalue weighted by molar-refractivity contribution is 5.66. The van der Waals surface area contributed by atoms with Crippen molar-refractivity contribution in [2.45, 2.75) is 32.7 Å². The van der Waals surface area contributed by atoms with Gasteiger partial charge in [0.15, 0.2) is 0 Å². The van der Waals surface area contributed by atoms with E-state index in [9.17, 15) is 0 Å². The molecule has 1 aromatic heterocycles. The van der Waals surface area contributed by atoms with Gasteiger partial charge in [-0.05, 0) is 38.3 Å². The maximum absolute atomic E-state index is 6.02. The van der Waals surface area contributed by atoms with E-state index in [4.69, 9.17) is 5.73 Å². The van der Waals surface area contributed by atoms with E-state index in [1.165, 1.54) is 11.3 Å². The number of nitrogens with zero attached hydrogens (tertiary/aromatic N) is 3. The molecule has 0 aliphatic carbocycles. The third kappa shape index (κ3) is 2.01. The fraction of sp³-hybridized carbons (Fsp3) is 0.375. The number of hydrogen-bond acceptors (Lipinski definition) is 3. The number of para-hydroxylation sites is 1. The number of fused-ring (bicyclic) bond motifs is 1. The quantitative estimate of drug-likeness (QED) is 0.808. The molecule has 1 aliphatic heterocycles. The Morgan fingerprint density at radius 2 is 2.10 bits per heavy atom. The molecule has 2 N–H and O–H groups in total. The molecule has 1 aliphatic rings. The standard InChI is InChI=1S/C16H20N4/c1-11-8-9-13-6-4-5-7-14(13)20(11)15-10-12(2)19(3)16(17)18-15/h4-7,10-11,17H,8-9H2,1-3H3/p+1. The minimum atomic E-state index is 0.434. The van der Waals surface area contributed by atoms with Crippen LogP contribution in [0.25, 0.3) is 0 Å². The van der Waals surface area contributed by atoms with Crippen LogP contribution in [0.4, 0.5) is 17.5 Å². The van der Waals surface area contributed by atoms with Crippen LogP contribution in [0.15, 0.2) is 30.3 Å². The third-order valence-corrected chi connectivity index (χ3v) is 4.21. The van der Waals surface area contributed by atoms with E-state index in [2.05, 4.69) is 54.1 Å². The summed E-state index contributed by atoms with van der Waals surface area (Å²) >= 11 is 0. The molecule has 1 aromatic carbocycles. The first-order chi connectivity index (χ1) is 9.58. The monoisotopic (exact) mass is 269 g/mol. The fourth-order valence-corrected chi connectivity index (χ4v) is 2.85. The number of aryl methyl sites for hydroxylation is 2. The van der Waals surface area contributed by atoms with Gasteiger partial charge < -0.3 is 4.90 Å². The van der Waals surface area contributed by atoms with Crippen LogP contribution in [-0.2, 0) is 13.5 Å². The molecule has 4 heteroatoms. The highest BCUT2D eigenvalue weighted by atomic mass is 15.3. The number of nitrogens with two attached hydrogens (primary N) is 1. The molecule has 0 saturated carbocycles. The molecule has 20 heavy (non-hydrogen) atoms. The van der Waals surface area contributed by atoms with Crippen molar-refractivity contribution in [3.05, 3.63) is 41.6 Å². The molecule has 0 bridgehead atoms. The first-order valence-electron chi connectivity index (χ1n) is 7.08. The number of hydrogen-bond donors (Lipinski definition) is 1. The van der Waals surface area contributed by atoms with Crippen molar-refractivity contribution in [1.82, 2.24) is 4.98 Å². The maximum atomic E-state index is 6.02. The van der Waals surface area contributed by atoms with Crippen molar-refractivity contribution >= 4 is 17.5 Å². The minimum absolute atomic E-state index is 0.434. The van der Waals surface area contributed by atoms with Gasteiger partial charge in [0.05, 0.1) is 12.7 Å². The molecular weight excluding hydrogens is 248 g/mol. The summed E-state index contributed by atoms with van der Waals surface area (Å²) in [5.74, 6) is 1.49. The molecule has 1 unspecified atom stereocenters. The molecule has 0 radical (unpaired) electrons. The molecule has 0 fully saturated rings. The summed E-state index contributed by atoms with van der Waals surface area (Å²) in [7, 11) is 1.94. The summed E-state index contributed by atoms with van der Waals surface area (Å²) in [6, 6.07) is 11.1. The average molecular weight is 269 g/mol. The first kappa shape index (κ1) is 12.9. The highest BCUT2D eigenvalue weighted by Gasteiger charge is 2.27. The van der Waals surface area contributed by atoms with Crippen LogP contribution in [-0.4, -0.2) is 11.0 Å². The van der Waals surface area contributed by atoms with Gasteiger partial charge in [0.1, 0.15) is 0 Å². The summed E-state index contributed by atoms with van der Waals surface area (Å²) in [5, 5.41) is 0. The zero-order valence-corrected chi connectivity index (χ0v) is 12.3. The predicted octanol–water partition coefficient (Wildman–Crippen LogP) is 2.27. The fourth-order valence-electron chi connectivity index (χ4n) is 2.85. The van der Waals surface area contributed by atoms with Crippen molar-refractivity contribution in [3.8, 4) is 0 Å². The Morgan fingerprint density at radius 1 is 1.35 bits per heavy atom. The number of anilines is 3. The van der Waals surface area contributed by atoms with Crippen LogP contribution in [0, 0.1) is 6.92 Å². The topological polar surface area (TPSA) is 46.0 Å². The largest absolute Gasteiger partial charge is 0.391 e. The van der Waals surface area contributed by atoms with Crippen LogP contribution < -0.4 is 15.2 Å². The molecule has 0 saturated heterocycles. The first-order valence-corrected chi connectivity index (χ1v) is 7.08.